The Bertz CT molecular complexity index is 363. The van der Waals surface area contributed by atoms with Crippen molar-refractivity contribution in [1.29, 1.82) is 0 Å². The van der Waals surface area contributed by atoms with Gasteiger partial charge in [-0.25, -0.2) is 4.39 Å². The first-order valence-corrected chi connectivity index (χ1v) is 4.99. The number of hydrogen-bond donors (Lipinski definition) is 0. The summed E-state index contributed by atoms with van der Waals surface area (Å²) in [4.78, 5) is 10.00. The summed E-state index contributed by atoms with van der Waals surface area (Å²) in [6.07, 6.45) is -13.8. The number of halogens is 11. The van der Waals surface area contributed by atoms with Crippen molar-refractivity contribution in [3.63, 3.8) is 0 Å². The summed E-state index contributed by atoms with van der Waals surface area (Å²) < 4.78 is 124. The molecule has 1 unspecified atom stereocenters. The van der Waals surface area contributed by atoms with Gasteiger partial charge in [0.15, 0.2) is 6.17 Å². The summed E-state index contributed by atoms with van der Waals surface area (Å²) in [7, 11) is 0. The highest BCUT2D eigenvalue weighted by Gasteiger charge is 2.77. The smallest absolute Gasteiger partial charge is 0.274 e. The van der Waals surface area contributed by atoms with Crippen LogP contribution in [0.3, 0.4) is 0 Å². The minimum Gasteiger partial charge on any atom is -0.274 e. The Morgan fingerprint density at radius 2 is 1.35 bits per heavy atom. The van der Waals surface area contributed by atoms with Gasteiger partial charge in [0.1, 0.15) is 0 Å². The van der Waals surface area contributed by atoms with Gasteiger partial charge in [0.25, 0.3) is 5.24 Å². The van der Waals surface area contributed by atoms with Crippen molar-refractivity contribution in [3.8, 4) is 0 Å². The standard InChI is InChI=1S/C8H5ClF10O/c9-4(20)7(16,17)8(18,19)6(14,15)3(10)1-2-5(11,12)13/h3H,1-2H2. The molecular formula is C8H5ClF10O. The summed E-state index contributed by atoms with van der Waals surface area (Å²) in [6.45, 7) is 0. The van der Waals surface area contributed by atoms with Gasteiger partial charge >= 0.3 is 23.9 Å². The van der Waals surface area contributed by atoms with E-state index < -0.39 is 48.2 Å². The van der Waals surface area contributed by atoms with E-state index in [0.29, 0.717) is 0 Å². The Morgan fingerprint density at radius 1 is 0.950 bits per heavy atom. The quantitative estimate of drug-likeness (QED) is 0.518. The van der Waals surface area contributed by atoms with E-state index in [0.717, 1.165) is 0 Å². The van der Waals surface area contributed by atoms with Gasteiger partial charge in [-0.2, -0.15) is 39.5 Å². The van der Waals surface area contributed by atoms with E-state index in [-0.39, 0.29) is 0 Å². The molecule has 0 aliphatic carbocycles. The molecule has 0 aliphatic rings. The summed E-state index contributed by atoms with van der Waals surface area (Å²) in [5, 5.41) is -3.19. The van der Waals surface area contributed by atoms with Crippen LogP contribution in [0.4, 0.5) is 43.9 Å². The van der Waals surface area contributed by atoms with Crippen LogP contribution in [0.1, 0.15) is 12.8 Å². The van der Waals surface area contributed by atoms with Gasteiger partial charge in [0.05, 0.1) is 0 Å². The molecule has 0 aromatic heterocycles. The topological polar surface area (TPSA) is 17.1 Å². The number of hydrogen-bond acceptors (Lipinski definition) is 1. The molecule has 0 aromatic rings. The predicted octanol–water partition coefficient (Wildman–Crippen LogP) is 4.34. The second-order valence-electron chi connectivity index (χ2n) is 3.67. The first-order valence-electron chi connectivity index (χ1n) is 4.61. The molecular weight excluding hydrogens is 338 g/mol. The van der Waals surface area contributed by atoms with Gasteiger partial charge in [-0.15, -0.1) is 0 Å². The van der Waals surface area contributed by atoms with E-state index >= 15 is 0 Å². The largest absolute Gasteiger partial charge is 0.389 e. The first-order chi connectivity index (χ1) is 8.57. The lowest BCUT2D eigenvalue weighted by molar-refractivity contribution is -0.312. The van der Waals surface area contributed by atoms with Gasteiger partial charge in [0, 0.05) is 6.42 Å². The molecule has 0 radical (unpaired) electrons. The van der Waals surface area contributed by atoms with Gasteiger partial charge in [0.2, 0.25) is 0 Å². The fraction of sp³-hybridized carbons (Fsp3) is 0.875. The van der Waals surface area contributed by atoms with Gasteiger partial charge in [-0.1, -0.05) is 0 Å². The zero-order valence-electron chi connectivity index (χ0n) is 9.06. The maximum atomic E-state index is 12.8. The van der Waals surface area contributed by atoms with Crippen molar-refractivity contribution < 1.29 is 48.7 Å². The van der Waals surface area contributed by atoms with Crippen LogP contribution in [0.25, 0.3) is 0 Å². The number of carbonyl (C=O) groups excluding carboxylic acids is 1. The number of alkyl halides is 10. The lowest BCUT2D eigenvalue weighted by atomic mass is 9.98. The van der Waals surface area contributed by atoms with Crippen LogP contribution in [-0.4, -0.2) is 35.4 Å². The third-order valence-corrected chi connectivity index (χ3v) is 2.37. The summed E-state index contributed by atoms with van der Waals surface area (Å²) in [5.41, 5.74) is 0. The third kappa shape index (κ3) is 3.67. The average Bonchev–Trinajstić information content (AvgIpc) is 2.23. The Labute approximate surface area is 109 Å². The van der Waals surface area contributed by atoms with Crippen molar-refractivity contribution >= 4 is 16.8 Å². The molecule has 0 fully saturated rings. The van der Waals surface area contributed by atoms with E-state index in [1.165, 1.54) is 0 Å². The molecule has 0 spiro atoms. The van der Waals surface area contributed by atoms with Crippen LogP contribution < -0.4 is 0 Å². The van der Waals surface area contributed by atoms with E-state index in [4.69, 9.17) is 0 Å². The Balaban J connectivity index is 5.25. The van der Waals surface area contributed by atoms with E-state index in [9.17, 15) is 48.7 Å². The van der Waals surface area contributed by atoms with E-state index in [2.05, 4.69) is 11.6 Å². The Hall–Kier alpha value is -0.740. The average molecular weight is 343 g/mol. The molecule has 0 saturated carbocycles. The highest BCUT2D eigenvalue weighted by atomic mass is 35.5. The Kier molecular flexibility index (Phi) is 5.36. The third-order valence-electron chi connectivity index (χ3n) is 2.13. The van der Waals surface area contributed by atoms with Crippen molar-refractivity contribution in [1.82, 2.24) is 0 Å². The molecule has 0 rings (SSSR count). The minimum atomic E-state index is -6.58. The highest BCUT2D eigenvalue weighted by Crippen LogP contribution is 2.50. The predicted molar refractivity (Wildman–Crippen MR) is 45.9 cm³/mol. The molecule has 20 heavy (non-hydrogen) atoms. The fourth-order valence-electron chi connectivity index (χ4n) is 1.00. The number of carbonyl (C=O) groups is 1. The van der Waals surface area contributed by atoms with E-state index in [1.807, 2.05) is 0 Å². The minimum absolute atomic E-state index is 2.18. The van der Waals surface area contributed by atoms with Crippen LogP contribution in [0.2, 0.25) is 0 Å². The summed E-state index contributed by atoms with van der Waals surface area (Å²) in [5.74, 6) is -18.9. The van der Waals surface area contributed by atoms with E-state index in [1.54, 1.807) is 0 Å². The van der Waals surface area contributed by atoms with Crippen LogP contribution in [0.5, 0.6) is 0 Å². The molecule has 0 N–H and O–H groups in total. The first kappa shape index (κ1) is 19.3. The molecule has 0 saturated heterocycles. The second kappa shape index (κ2) is 5.57. The molecule has 0 aliphatic heterocycles. The van der Waals surface area contributed by atoms with Crippen molar-refractivity contribution in [2.75, 3.05) is 0 Å². The molecule has 1 atom stereocenters. The molecule has 120 valence electrons. The summed E-state index contributed by atoms with van der Waals surface area (Å²) >= 11 is 4.01. The van der Waals surface area contributed by atoms with Crippen molar-refractivity contribution in [3.05, 3.63) is 0 Å². The van der Waals surface area contributed by atoms with Crippen LogP contribution in [0.15, 0.2) is 0 Å². The normalized spacial score (nSPS) is 16.1. The number of rotatable bonds is 6. The van der Waals surface area contributed by atoms with Crippen LogP contribution in [0, 0.1) is 0 Å². The van der Waals surface area contributed by atoms with Gasteiger partial charge in [-0.05, 0) is 18.0 Å². The molecule has 1 nitrogen and oxygen atoms in total. The van der Waals surface area contributed by atoms with Crippen molar-refractivity contribution in [2.24, 2.45) is 0 Å². The lowest BCUT2D eigenvalue weighted by Crippen LogP contribution is -2.60. The fourth-order valence-corrected chi connectivity index (χ4v) is 1.12. The monoisotopic (exact) mass is 342 g/mol. The lowest BCUT2D eigenvalue weighted by Gasteiger charge is -2.32. The molecule has 0 bridgehead atoms. The Morgan fingerprint density at radius 3 is 1.65 bits per heavy atom. The molecule has 0 heterocycles. The zero-order chi connectivity index (χ0) is 16.6. The van der Waals surface area contributed by atoms with Gasteiger partial charge < -0.3 is 0 Å². The van der Waals surface area contributed by atoms with Crippen LogP contribution in [-0.2, 0) is 4.79 Å². The van der Waals surface area contributed by atoms with Gasteiger partial charge in [-0.3, -0.25) is 4.79 Å². The molecule has 0 aromatic carbocycles. The molecule has 0 amide bonds. The zero-order valence-corrected chi connectivity index (χ0v) is 9.81. The molecule has 12 heteroatoms. The highest BCUT2D eigenvalue weighted by molar-refractivity contribution is 6.65. The second-order valence-corrected chi connectivity index (χ2v) is 4.01. The van der Waals surface area contributed by atoms with Crippen LogP contribution >= 0.6 is 11.6 Å². The summed E-state index contributed by atoms with van der Waals surface area (Å²) in [6, 6.07) is 0. The SMILES string of the molecule is O=C(Cl)C(F)(F)C(F)(F)C(F)(F)C(F)CCC(F)(F)F. The van der Waals surface area contributed by atoms with Crippen molar-refractivity contribution in [2.45, 2.75) is 43.0 Å². The maximum absolute atomic E-state index is 12.8. The maximum Gasteiger partial charge on any atom is 0.389 e.